The summed E-state index contributed by atoms with van der Waals surface area (Å²) in [6, 6.07) is 28.3. The predicted octanol–water partition coefficient (Wildman–Crippen LogP) is 7.07. The second-order valence-corrected chi connectivity index (χ2v) is 9.53. The van der Waals surface area contributed by atoms with E-state index in [1.807, 2.05) is 36.4 Å². The van der Waals surface area contributed by atoms with Crippen LogP contribution in [0.1, 0.15) is 10.4 Å². The first-order chi connectivity index (χ1) is 19.9. The normalized spacial score (nSPS) is 15.0. The maximum absolute atomic E-state index is 14.0. The first kappa shape index (κ1) is 27.8. The van der Waals surface area contributed by atoms with Gasteiger partial charge in [0.05, 0.1) is 38.4 Å². The van der Waals surface area contributed by atoms with Crippen LogP contribution < -0.4 is 19.1 Å². The SMILES string of the molecule is COc1ccc(N=C2C(=Nc3ccc(OC)cc3)N(c3ccc(OC)cc3)C(=S)N2C(=O)c2ccc(Cl)cc2)cc1. The molecule has 0 unspecified atom stereocenters. The number of nitrogens with zero attached hydrogens (tertiary/aromatic N) is 4. The smallest absolute Gasteiger partial charge is 0.265 e. The van der Waals surface area contributed by atoms with Gasteiger partial charge in [0.15, 0.2) is 16.8 Å². The maximum atomic E-state index is 14.0. The lowest BCUT2D eigenvalue weighted by Gasteiger charge is -2.19. The van der Waals surface area contributed by atoms with Crippen molar-refractivity contribution in [3.8, 4) is 17.2 Å². The van der Waals surface area contributed by atoms with E-state index in [-0.39, 0.29) is 16.9 Å². The topological polar surface area (TPSA) is 76.0 Å². The monoisotopic (exact) mass is 584 g/mol. The van der Waals surface area contributed by atoms with E-state index in [9.17, 15) is 4.79 Å². The first-order valence-electron chi connectivity index (χ1n) is 12.5. The molecule has 10 heteroatoms. The number of carbonyl (C=O) groups is 1. The van der Waals surface area contributed by atoms with Gasteiger partial charge in [-0.1, -0.05) is 11.6 Å². The van der Waals surface area contributed by atoms with Gasteiger partial charge < -0.3 is 14.2 Å². The van der Waals surface area contributed by atoms with Crippen LogP contribution in [0.3, 0.4) is 0 Å². The fraction of sp³-hybridized carbons (Fsp3) is 0.0968. The summed E-state index contributed by atoms with van der Waals surface area (Å²) in [5, 5.41) is 0.703. The van der Waals surface area contributed by atoms with Crippen molar-refractivity contribution in [2.75, 3.05) is 26.2 Å². The highest BCUT2D eigenvalue weighted by Crippen LogP contribution is 2.31. The van der Waals surface area contributed by atoms with Crippen LogP contribution in [0.5, 0.6) is 17.2 Å². The number of hydrogen-bond donors (Lipinski definition) is 0. The van der Waals surface area contributed by atoms with Gasteiger partial charge in [-0.2, -0.15) is 0 Å². The molecule has 0 N–H and O–H groups in total. The number of amides is 1. The summed E-state index contributed by atoms with van der Waals surface area (Å²) in [6.45, 7) is 0. The Morgan fingerprint density at radius 1 is 0.659 bits per heavy atom. The van der Waals surface area contributed by atoms with Gasteiger partial charge in [0.1, 0.15) is 17.2 Å². The van der Waals surface area contributed by atoms with Crippen molar-refractivity contribution >= 4 is 63.6 Å². The van der Waals surface area contributed by atoms with Crippen LogP contribution in [-0.4, -0.2) is 48.9 Å². The summed E-state index contributed by atoms with van der Waals surface area (Å²) in [4.78, 5) is 26.9. The molecule has 5 rings (SSSR count). The molecule has 1 aliphatic rings. The van der Waals surface area contributed by atoms with Crippen molar-refractivity contribution in [3.63, 3.8) is 0 Å². The van der Waals surface area contributed by atoms with E-state index in [2.05, 4.69) is 0 Å². The Morgan fingerprint density at radius 2 is 1.10 bits per heavy atom. The van der Waals surface area contributed by atoms with Gasteiger partial charge in [0.25, 0.3) is 5.91 Å². The Balaban J connectivity index is 1.71. The van der Waals surface area contributed by atoms with Gasteiger partial charge >= 0.3 is 0 Å². The molecule has 4 aromatic carbocycles. The minimum Gasteiger partial charge on any atom is -0.497 e. The summed E-state index contributed by atoms with van der Waals surface area (Å²) in [7, 11) is 4.79. The van der Waals surface area contributed by atoms with Crippen molar-refractivity contribution in [1.82, 2.24) is 4.90 Å². The zero-order valence-corrected chi connectivity index (χ0v) is 24.0. The molecule has 1 amide bonds. The predicted molar refractivity (Wildman–Crippen MR) is 166 cm³/mol. The second kappa shape index (κ2) is 12.2. The lowest BCUT2D eigenvalue weighted by Crippen LogP contribution is -2.38. The van der Waals surface area contributed by atoms with Crippen molar-refractivity contribution in [2.24, 2.45) is 9.98 Å². The molecule has 0 aliphatic carbocycles. The van der Waals surface area contributed by atoms with Gasteiger partial charge in [-0.3, -0.25) is 9.69 Å². The zero-order valence-electron chi connectivity index (χ0n) is 22.4. The van der Waals surface area contributed by atoms with Crippen molar-refractivity contribution in [1.29, 1.82) is 0 Å². The van der Waals surface area contributed by atoms with E-state index < -0.39 is 0 Å². The Bertz CT molecular complexity index is 1620. The molecule has 0 radical (unpaired) electrons. The third-order valence-electron chi connectivity index (χ3n) is 6.25. The summed E-state index contributed by atoms with van der Waals surface area (Å²) in [5.74, 6) is 2.29. The molecule has 0 atom stereocenters. The zero-order chi connectivity index (χ0) is 28.9. The standard InChI is InChI=1S/C31H25ClN4O4S/c1-38-25-14-8-22(9-15-25)33-28-29(34-23-10-16-26(39-2)17-11-23)36(30(37)20-4-6-21(32)7-5-20)31(41)35(28)24-12-18-27(40-3)19-13-24/h4-19H,1-3H3. The number of hydrogen-bond acceptors (Lipinski definition) is 7. The molecule has 4 aromatic rings. The van der Waals surface area contributed by atoms with E-state index in [0.717, 1.165) is 0 Å². The molecule has 1 saturated heterocycles. The average molecular weight is 585 g/mol. The Hall–Kier alpha value is -4.73. The second-order valence-electron chi connectivity index (χ2n) is 8.73. The highest BCUT2D eigenvalue weighted by molar-refractivity contribution is 7.80. The van der Waals surface area contributed by atoms with E-state index in [0.29, 0.717) is 50.7 Å². The van der Waals surface area contributed by atoms with Crippen LogP contribution in [0, 0.1) is 0 Å². The number of methoxy groups -OCH3 is 3. The quantitative estimate of drug-likeness (QED) is 0.216. The summed E-state index contributed by atoms with van der Waals surface area (Å²) in [5.41, 5.74) is 2.26. The number of thiocarbonyl (C=S) groups is 1. The van der Waals surface area contributed by atoms with Crippen LogP contribution >= 0.6 is 23.8 Å². The number of amidine groups is 2. The van der Waals surface area contributed by atoms with E-state index in [1.165, 1.54) is 4.90 Å². The highest BCUT2D eigenvalue weighted by Gasteiger charge is 2.43. The number of carbonyl (C=O) groups excluding carboxylic acids is 1. The summed E-state index contributed by atoms with van der Waals surface area (Å²) >= 11 is 12.0. The molecule has 41 heavy (non-hydrogen) atoms. The number of anilines is 1. The molecule has 0 aromatic heterocycles. The molecule has 1 heterocycles. The maximum Gasteiger partial charge on any atom is 0.265 e. The van der Waals surface area contributed by atoms with E-state index in [4.69, 9.17) is 48.0 Å². The summed E-state index contributed by atoms with van der Waals surface area (Å²) in [6.07, 6.45) is 0. The Kier molecular flexibility index (Phi) is 8.28. The van der Waals surface area contributed by atoms with Crippen LogP contribution in [0.2, 0.25) is 5.02 Å². The number of halogens is 1. The molecule has 0 saturated carbocycles. The van der Waals surface area contributed by atoms with Gasteiger partial charge in [-0.15, -0.1) is 0 Å². The third-order valence-corrected chi connectivity index (χ3v) is 6.86. The fourth-order valence-corrected chi connectivity index (χ4v) is 4.60. The lowest BCUT2D eigenvalue weighted by atomic mass is 10.2. The third kappa shape index (κ3) is 5.91. The fourth-order valence-electron chi connectivity index (χ4n) is 4.11. The molecular formula is C31H25ClN4O4S. The van der Waals surface area contributed by atoms with Crippen molar-refractivity contribution < 1.29 is 19.0 Å². The van der Waals surface area contributed by atoms with Gasteiger partial charge in [0.2, 0.25) is 0 Å². The van der Waals surface area contributed by atoms with Crippen molar-refractivity contribution in [2.45, 2.75) is 0 Å². The lowest BCUT2D eigenvalue weighted by molar-refractivity contribution is 0.0907. The van der Waals surface area contributed by atoms with E-state index in [1.54, 1.807) is 86.9 Å². The number of ether oxygens (including phenoxy) is 3. The molecule has 206 valence electrons. The van der Waals surface area contributed by atoms with Crippen LogP contribution in [0.15, 0.2) is 107 Å². The molecule has 8 nitrogen and oxygen atoms in total. The molecule has 1 aliphatic heterocycles. The molecule has 1 fully saturated rings. The van der Waals surface area contributed by atoms with Gasteiger partial charge in [-0.25, -0.2) is 14.9 Å². The van der Waals surface area contributed by atoms with E-state index >= 15 is 0 Å². The minimum absolute atomic E-state index is 0.189. The molecule has 0 spiro atoms. The molecule has 0 bridgehead atoms. The van der Waals surface area contributed by atoms with Crippen molar-refractivity contribution in [3.05, 3.63) is 108 Å². The number of benzene rings is 4. The van der Waals surface area contributed by atoms with Crippen LogP contribution in [0.25, 0.3) is 0 Å². The Labute approximate surface area is 248 Å². The highest BCUT2D eigenvalue weighted by atomic mass is 35.5. The average Bonchev–Trinajstić information content (AvgIpc) is 3.27. The summed E-state index contributed by atoms with van der Waals surface area (Å²) < 4.78 is 16.0. The van der Waals surface area contributed by atoms with Crippen LogP contribution in [-0.2, 0) is 0 Å². The largest absolute Gasteiger partial charge is 0.497 e. The van der Waals surface area contributed by atoms with Gasteiger partial charge in [0, 0.05) is 10.6 Å². The number of aliphatic imine (C=N–C) groups is 2. The first-order valence-corrected chi connectivity index (χ1v) is 13.2. The molecular weight excluding hydrogens is 560 g/mol. The van der Waals surface area contributed by atoms with Gasteiger partial charge in [-0.05, 0) is 109 Å². The van der Waals surface area contributed by atoms with Crippen LogP contribution in [0.4, 0.5) is 17.1 Å². The minimum atomic E-state index is -0.377. The number of rotatable bonds is 7. The Morgan fingerprint density at radius 3 is 1.56 bits per heavy atom.